The van der Waals surface area contributed by atoms with E-state index in [1.54, 1.807) is 7.11 Å². The third-order valence-electron chi connectivity index (χ3n) is 5.68. The van der Waals surface area contributed by atoms with Gasteiger partial charge in [0.25, 0.3) is 5.91 Å². The highest BCUT2D eigenvalue weighted by atomic mass is 16.5. The van der Waals surface area contributed by atoms with Crippen molar-refractivity contribution in [2.45, 2.75) is 25.8 Å². The summed E-state index contributed by atoms with van der Waals surface area (Å²) in [6.07, 6.45) is 1.41. The number of hydrazone groups is 1. The maximum absolute atomic E-state index is 13.1. The zero-order chi connectivity index (χ0) is 23.2. The van der Waals surface area contributed by atoms with Crippen molar-refractivity contribution in [1.82, 2.24) is 15.6 Å². The van der Waals surface area contributed by atoms with E-state index in [4.69, 9.17) is 9.84 Å². The molecule has 0 saturated carbocycles. The first-order valence-electron chi connectivity index (χ1n) is 11.1. The van der Waals surface area contributed by atoms with Crippen LogP contribution in [0.2, 0.25) is 0 Å². The van der Waals surface area contributed by atoms with Crippen molar-refractivity contribution in [3.63, 3.8) is 0 Å². The molecule has 0 aromatic heterocycles. The number of benzene rings is 3. The highest BCUT2D eigenvalue weighted by Gasteiger charge is 2.33. The van der Waals surface area contributed by atoms with Gasteiger partial charge in [-0.3, -0.25) is 4.79 Å². The largest absolute Gasteiger partial charge is 0.497 e. The molecule has 7 nitrogen and oxygen atoms in total. The molecule has 170 valence electrons. The highest BCUT2D eigenvalue weighted by molar-refractivity contribution is 6.05. The fraction of sp³-hybridized carbons (Fsp3) is 0.269. The summed E-state index contributed by atoms with van der Waals surface area (Å²) >= 11 is 0. The number of ether oxygens (including phenoxy) is 1. The molecule has 4 rings (SSSR count). The summed E-state index contributed by atoms with van der Waals surface area (Å²) in [6.45, 7) is 2.40. The number of nitrogens with one attached hydrogen (secondary N) is 2. The molecule has 0 fully saturated rings. The van der Waals surface area contributed by atoms with Gasteiger partial charge in [0.15, 0.2) is 0 Å². The average molecular weight is 445 g/mol. The topological polar surface area (TPSA) is 83.0 Å². The van der Waals surface area contributed by atoms with Crippen LogP contribution < -0.4 is 15.4 Å². The number of urea groups is 1. The maximum atomic E-state index is 13.1. The first kappa shape index (κ1) is 22.3. The van der Waals surface area contributed by atoms with Crippen LogP contribution in [0.5, 0.6) is 5.75 Å². The Morgan fingerprint density at radius 1 is 1.03 bits per heavy atom. The number of hydrogen-bond donors (Lipinski definition) is 2. The van der Waals surface area contributed by atoms with Gasteiger partial charge in [-0.05, 0) is 46.5 Å². The minimum atomic E-state index is -0.357. The Morgan fingerprint density at radius 2 is 1.79 bits per heavy atom. The van der Waals surface area contributed by atoms with Gasteiger partial charge in [-0.15, -0.1) is 0 Å². The Hall–Kier alpha value is -3.87. The van der Waals surface area contributed by atoms with E-state index in [9.17, 15) is 9.59 Å². The third-order valence-corrected chi connectivity index (χ3v) is 5.68. The van der Waals surface area contributed by atoms with Gasteiger partial charge in [0, 0.05) is 13.0 Å². The molecular weight excluding hydrogens is 416 g/mol. The third kappa shape index (κ3) is 5.14. The van der Waals surface area contributed by atoms with Crippen LogP contribution in [0.15, 0.2) is 71.8 Å². The number of nitrogens with zero attached hydrogens (tertiary/aromatic N) is 2. The van der Waals surface area contributed by atoms with Gasteiger partial charge < -0.3 is 15.4 Å². The fourth-order valence-corrected chi connectivity index (χ4v) is 3.91. The fourth-order valence-electron chi connectivity index (χ4n) is 3.91. The van der Waals surface area contributed by atoms with Crippen LogP contribution >= 0.6 is 0 Å². The van der Waals surface area contributed by atoms with Crippen LogP contribution in [0.3, 0.4) is 0 Å². The van der Waals surface area contributed by atoms with Crippen LogP contribution in [-0.4, -0.2) is 42.9 Å². The molecule has 7 heteroatoms. The molecule has 0 unspecified atom stereocenters. The molecule has 0 bridgehead atoms. The number of carbonyl (C=O) groups excluding carboxylic acids is 2. The lowest BCUT2D eigenvalue weighted by molar-refractivity contribution is -0.131. The summed E-state index contributed by atoms with van der Waals surface area (Å²) in [5, 5.41) is 13.8. The normalized spacial score (nSPS) is 15.3. The maximum Gasteiger partial charge on any atom is 0.315 e. The molecule has 0 spiro atoms. The number of amides is 3. The summed E-state index contributed by atoms with van der Waals surface area (Å²) in [5.74, 6) is 0.484. The number of carbonyl (C=O) groups is 2. The minimum absolute atomic E-state index is 0.128. The predicted octanol–water partition coefficient (Wildman–Crippen LogP) is 4.24. The Kier molecular flexibility index (Phi) is 6.88. The smallest absolute Gasteiger partial charge is 0.315 e. The molecule has 1 aliphatic rings. The summed E-state index contributed by atoms with van der Waals surface area (Å²) in [5.41, 5.74) is 2.78. The minimum Gasteiger partial charge on any atom is -0.497 e. The van der Waals surface area contributed by atoms with Crippen molar-refractivity contribution in [3.8, 4) is 5.75 Å². The molecule has 1 heterocycles. The molecule has 3 aromatic rings. The van der Waals surface area contributed by atoms with E-state index < -0.39 is 0 Å². The van der Waals surface area contributed by atoms with E-state index in [-0.39, 0.29) is 24.5 Å². The lowest BCUT2D eigenvalue weighted by Crippen LogP contribution is -2.42. The quantitative estimate of drug-likeness (QED) is 0.572. The molecule has 3 aromatic carbocycles. The molecule has 0 radical (unpaired) electrons. The lowest BCUT2D eigenvalue weighted by atomic mass is 9.97. The zero-order valence-corrected chi connectivity index (χ0v) is 18.9. The van der Waals surface area contributed by atoms with Crippen LogP contribution in [0.4, 0.5) is 4.79 Å². The van der Waals surface area contributed by atoms with Crippen molar-refractivity contribution < 1.29 is 14.3 Å². The van der Waals surface area contributed by atoms with Crippen molar-refractivity contribution in [3.05, 3.63) is 77.9 Å². The van der Waals surface area contributed by atoms with Gasteiger partial charge in [-0.1, -0.05) is 55.5 Å². The first-order chi connectivity index (χ1) is 16.1. The molecule has 3 amide bonds. The second kappa shape index (κ2) is 10.2. The van der Waals surface area contributed by atoms with Crippen molar-refractivity contribution >= 4 is 28.4 Å². The van der Waals surface area contributed by atoms with E-state index >= 15 is 0 Å². The van der Waals surface area contributed by atoms with Crippen LogP contribution in [0.1, 0.15) is 36.9 Å². The molecule has 2 N–H and O–H groups in total. The van der Waals surface area contributed by atoms with Gasteiger partial charge in [0.05, 0.1) is 18.9 Å². The van der Waals surface area contributed by atoms with Crippen molar-refractivity contribution in [1.29, 1.82) is 0 Å². The van der Waals surface area contributed by atoms with Crippen LogP contribution in [0.25, 0.3) is 10.8 Å². The van der Waals surface area contributed by atoms with Gasteiger partial charge >= 0.3 is 6.03 Å². The predicted molar refractivity (Wildman–Crippen MR) is 129 cm³/mol. The zero-order valence-electron chi connectivity index (χ0n) is 18.9. The van der Waals surface area contributed by atoms with Crippen LogP contribution in [0, 0.1) is 0 Å². The summed E-state index contributed by atoms with van der Waals surface area (Å²) < 4.78 is 5.27. The monoisotopic (exact) mass is 444 g/mol. The average Bonchev–Trinajstić information content (AvgIpc) is 3.31. The molecule has 0 saturated heterocycles. The Bertz CT molecular complexity index is 1170. The van der Waals surface area contributed by atoms with Gasteiger partial charge in [-0.2, -0.15) is 5.10 Å². The van der Waals surface area contributed by atoms with Gasteiger partial charge in [0.2, 0.25) is 0 Å². The molecule has 1 atom stereocenters. The number of hydrogen-bond acceptors (Lipinski definition) is 4. The summed E-state index contributed by atoms with van der Waals surface area (Å²) in [7, 11) is 1.62. The first-order valence-corrected chi connectivity index (χ1v) is 11.1. The molecule has 1 aliphatic heterocycles. The van der Waals surface area contributed by atoms with E-state index in [0.29, 0.717) is 13.0 Å². The van der Waals surface area contributed by atoms with Gasteiger partial charge in [-0.25, -0.2) is 9.80 Å². The Balaban J connectivity index is 1.59. The second-order valence-electron chi connectivity index (χ2n) is 7.95. The molecule has 0 aliphatic carbocycles. The highest BCUT2D eigenvalue weighted by Crippen LogP contribution is 2.34. The van der Waals surface area contributed by atoms with E-state index in [1.165, 1.54) is 5.01 Å². The lowest BCUT2D eigenvalue weighted by Gasteiger charge is -2.22. The molecular formula is C26H28N4O3. The van der Waals surface area contributed by atoms with Crippen LogP contribution in [-0.2, 0) is 4.79 Å². The number of methoxy groups -OCH3 is 1. The van der Waals surface area contributed by atoms with Crippen molar-refractivity contribution in [2.24, 2.45) is 5.10 Å². The SMILES string of the molecule is CCCNC(=O)NCC(=O)N1N=C(c2ccc3ccccc3c2)C[C@H]1c1ccc(OC)cc1. The second-order valence-corrected chi connectivity index (χ2v) is 7.95. The van der Waals surface area contributed by atoms with Gasteiger partial charge in [0.1, 0.15) is 12.3 Å². The Labute approximate surface area is 193 Å². The van der Waals surface area contributed by atoms with Crippen molar-refractivity contribution in [2.75, 3.05) is 20.2 Å². The van der Waals surface area contributed by atoms with E-state index in [0.717, 1.165) is 39.8 Å². The standard InChI is InChI=1S/C26H28N4O3/c1-3-14-27-26(32)28-17-25(31)30-24(19-10-12-22(33-2)13-11-19)16-23(29-30)21-9-8-18-6-4-5-7-20(18)15-21/h4-13,15,24H,3,14,16-17H2,1-2H3,(H2,27,28,32)/t24-/m0/s1. The van der Waals surface area contributed by atoms with E-state index in [1.807, 2.05) is 49.4 Å². The number of rotatable bonds is 7. The number of fused-ring (bicyclic) bond motifs is 1. The summed E-state index contributed by atoms with van der Waals surface area (Å²) in [6, 6.07) is 21.4. The molecule has 33 heavy (non-hydrogen) atoms. The van der Waals surface area contributed by atoms with E-state index in [2.05, 4.69) is 34.9 Å². The Morgan fingerprint density at radius 3 is 2.52 bits per heavy atom. The summed E-state index contributed by atoms with van der Waals surface area (Å²) in [4.78, 5) is 25.0.